The SMILES string of the molecule is CCCCCCCCc1ccc(N(c2ccc(CCCCCCCC)cc2)C2(c3ccc(N(CC)CC)cc3)OC(=O)c3ccccc32)cc1. The molecule has 4 heteroatoms. The molecule has 1 atom stereocenters. The highest BCUT2D eigenvalue weighted by Gasteiger charge is 2.52. The lowest BCUT2D eigenvalue weighted by molar-refractivity contribution is 0.0134. The van der Waals surface area contributed by atoms with Crippen LogP contribution in [0.25, 0.3) is 0 Å². The normalized spacial score (nSPS) is 15.2. The summed E-state index contributed by atoms with van der Waals surface area (Å²) in [5.74, 6) is -0.294. The maximum atomic E-state index is 13.8. The molecule has 0 N–H and O–H groups in total. The third kappa shape index (κ3) is 8.81. The predicted molar refractivity (Wildman–Crippen MR) is 212 cm³/mol. The fourth-order valence-electron chi connectivity index (χ4n) is 7.55. The topological polar surface area (TPSA) is 32.8 Å². The van der Waals surface area contributed by atoms with Crippen LogP contribution in [0, 0.1) is 0 Å². The van der Waals surface area contributed by atoms with E-state index in [0.717, 1.165) is 54.1 Å². The van der Waals surface area contributed by atoms with Crippen molar-refractivity contribution in [3.63, 3.8) is 0 Å². The number of hydrogen-bond donors (Lipinski definition) is 0. The summed E-state index contributed by atoms with van der Waals surface area (Å²) in [6, 6.07) is 34.5. The number of carbonyl (C=O) groups is 1. The molecule has 1 unspecified atom stereocenters. The van der Waals surface area contributed by atoms with E-state index in [1.807, 2.05) is 18.2 Å². The summed E-state index contributed by atoms with van der Waals surface area (Å²) < 4.78 is 6.69. The van der Waals surface area contributed by atoms with Crippen LogP contribution >= 0.6 is 0 Å². The Hall–Kier alpha value is -4.05. The summed E-state index contributed by atoms with van der Waals surface area (Å²) >= 11 is 0. The van der Waals surface area contributed by atoms with Gasteiger partial charge >= 0.3 is 5.97 Å². The zero-order valence-electron chi connectivity index (χ0n) is 31.3. The van der Waals surface area contributed by atoms with Gasteiger partial charge in [0.25, 0.3) is 0 Å². The van der Waals surface area contributed by atoms with E-state index in [1.54, 1.807) is 0 Å². The Balaban J connectivity index is 1.53. The van der Waals surface area contributed by atoms with Crippen molar-refractivity contribution >= 4 is 23.0 Å². The number of anilines is 3. The Morgan fingerprint density at radius 2 is 0.980 bits per heavy atom. The molecule has 0 aromatic heterocycles. The smallest absolute Gasteiger partial charge is 0.341 e. The standard InChI is InChI=1S/C46H60N2O2/c1-5-9-11-13-15-17-21-37-25-31-41(32-26-37)48(42-33-27-38(28-34-42)22-18-16-14-12-10-6-2)46(44-24-20-19-23-43(44)45(49)50-46)39-29-35-40(36-30-39)47(7-3)8-4/h19-20,23-36H,5-18,21-22H2,1-4H3. The van der Waals surface area contributed by atoms with Gasteiger partial charge in [0, 0.05) is 41.3 Å². The van der Waals surface area contributed by atoms with Crippen LogP contribution < -0.4 is 9.80 Å². The van der Waals surface area contributed by atoms with Gasteiger partial charge in [-0.2, -0.15) is 0 Å². The molecule has 0 radical (unpaired) electrons. The summed E-state index contributed by atoms with van der Waals surface area (Å²) in [6.07, 6.45) is 17.6. The fourth-order valence-corrected chi connectivity index (χ4v) is 7.55. The first-order valence-corrected chi connectivity index (χ1v) is 19.7. The second-order valence-corrected chi connectivity index (χ2v) is 14.0. The molecule has 50 heavy (non-hydrogen) atoms. The highest BCUT2D eigenvalue weighted by atomic mass is 16.6. The van der Waals surface area contributed by atoms with E-state index < -0.39 is 5.72 Å². The highest BCUT2D eigenvalue weighted by Crippen LogP contribution is 2.50. The molecule has 1 aliphatic rings. The fraction of sp³-hybridized carbons (Fsp3) is 0.457. The van der Waals surface area contributed by atoms with Crippen molar-refractivity contribution < 1.29 is 9.53 Å². The minimum atomic E-state index is -1.17. The maximum absolute atomic E-state index is 13.8. The molecule has 4 aromatic carbocycles. The van der Waals surface area contributed by atoms with Gasteiger partial charge < -0.3 is 9.64 Å². The van der Waals surface area contributed by atoms with Gasteiger partial charge in [-0.1, -0.05) is 133 Å². The van der Waals surface area contributed by atoms with Crippen LogP contribution in [0.2, 0.25) is 0 Å². The highest BCUT2D eigenvalue weighted by molar-refractivity contribution is 5.97. The molecule has 266 valence electrons. The van der Waals surface area contributed by atoms with Gasteiger partial charge in [-0.05, 0) is 93.1 Å². The molecule has 0 fully saturated rings. The van der Waals surface area contributed by atoms with Gasteiger partial charge in [0.2, 0.25) is 5.72 Å². The molecule has 4 aromatic rings. The number of unbranched alkanes of at least 4 members (excludes halogenated alkanes) is 10. The van der Waals surface area contributed by atoms with Crippen molar-refractivity contribution in [2.24, 2.45) is 0 Å². The summed E-state index contributed by atoms with van der Waals surface area (Å²) in [4.78, 5) is 18.4. The van der Waals surface area contributed by atoms with Crippen LogP contribution in [0.15, 0.2) is 97.1 Å². The molecule has 0 amide bonds. The third-order valence-corrected chi connectivity index (χ3v) is 10.5. The average Bonchev–Trinajstić information content (AvgIpc) is 3.45. The largest absolute Gasteiger partial charge is 0.426 e. The Kier molecular flexibility index (Phi) is 14.0. The van der Waals surface area contributed by atoms with Crippen LogP contribution in [-0.2, 0) is 23.3 Å². The molecule has 0 spiro atoms. The Labute approximate surface area is 302 Å². The van der Waals surface area contributed by atoms with Crippen LogP contribution in [0.3, 0.4) is 0 Å². The Morgan fingerprint density at radius 1 is 0.520 bits per heavy atom. The number of fused-ring (bicyclic) bond motifs is 1. The quantitative estimate of drug-likeness (QED) is 0.0651. The number of cyclic esters (lactones) is 1. The average molecular weight is 673 g/mol. The number of carbonyl (C=O) groups excluding carboxylic acids is 1. The minimum absolute atomic E-state index is 0.294. The second kappa shape index (κ2) is 18.8. The summed E-state index contributed by atoms with van der Waals surface area (Å²) in [5, 5.41) is 0. The van der Waals surface area contributed by atoms with E-state index in [2.05, 4.69) is 116 Å². The van der Waals surface area contributed by atoms with Gasteiger partial charge in [-0.3, -0.25) is 4.90 Å². The van der Waals surface area contributed by atoms with Crippen molar-refractivity contribution in [3.05, 3.63) is 125 Å². The van der Waals surface area contributed by atoms with E-state index in [-0.39, 0.29) is 5.97 Å². The van der Waals surface area contributed by atoms with Crippen LogP contribution in [0.5, 0.6) is 0 Å². The first kappa shape index (κ1) is 37.2. The monoisotopic (exact) mass is 672 g/mol. The molecule has 4 nitrogen and oxygen atoms in total. The van der Waals surface area contributed by atoms with Crippen LogP contribution in [0.4, 0.5) is 17.1 Å². The molecule has 1 heterocycles. The lowest BCUT2D eigenvalue weighted by Crippen LogP contribution is -2.45. The Morgan fingerprint density at radius 3 is 1.48 bits per heavy atom. The van der Waals surface area contributed by atoms with Gasteiger partial charge in [-0.25, -0.2) is 4.79 Å². The number of hydrogen-bond acceptors (Lipinski definition) is 4. The van der Waals surface area contributed by atoms with Gasteiger partial charge in [-0.15, -0.1) is 0 Å². The molecule has 1 aliphatic heterocycles. The van der Waals surface area contributed by atoms with E-state index in [0.29, 0.717) is 5.56 Å². The predicted octanol–water partition coefficient (Wildman–Crippen LogP) is 12.5. The van der Waals surface area contributed by atoms with Crippen LogP contribution in [0.1, 0.15) is 137 Å². The van der Waals surface area contributed by atoms with E-state index >= 15 is 0 Å². The van der Waals surface area contributed by atoms with Gasteiger partial charge in [0.1, 0.15) is 0 Å². The number of rotatable bonds is 21. The number of esters is 1. The van der Waals surface area contributed by atoms with E-state index in [1.165, 1.54) is 88.2 Å². The van der Waals surface area contributed by atoms with Crippen molar-refractivity contribution in [2.75, 3.05) is 22.9 Å². The zero-order chi connectivity index (χ0) is 35.2. The molecule has 0 aliphatic carbocycles. The van der Waals surface area contributed by atoms with Crippen molar-refractivity contribution in [3.8, 4) is 0 Å². The number of ether oxygens (including phenoxy) is 1. The number of aryl methyl sites for hydroxylation is 2. The first-order valence-electron chi connectivity index (χ1n) is 19.7. The van der Waals surface area contributed by atoms with Crippen LogP contribution in [-0.4, -0.2) is 19.1 Å². The Bertz CT molecular complexity index is 1530. The summed E-state index contributed by atoms with van der Waals surface area (Å²) in [6.45, 7) is 10.8. The van der Waals surface area contributed by atoms with E-state index in [9.17, 15) is 4.79 Å². The van der Waals surface area contributed by atoms with E-state index in [4.69, 9.17) is 4.74 Å². The van der Waals surface area contributed by atoms with Gasteiger partial charge in [0.05, 0.1) is 5.56 Å². The zero-order valence-corrected chi connectivity index (χ0v) is 31.3. The molecule has 0 saturated carbocycles. The molecular formula is C46H60N2O2. The van der Waals surface area contributed by atoms with Crippen molar-refractivity contribution in [2.45, 2.75) is 123 Å². The molecular weight excluding hydrogens is 613 g/mol. The van der Waals surface area contributed by atoms with Crippen molar-refractivity contribution in [1.82, 2.24) is 0 Å². The first-order chi connectivity index (χ1) is 24.5. The lowest BCUT2D eigenvalue weighted by Gasteiger charge is -2.42. The minimum Gasteiger partial charge on any atom is -0.426 e. The lowest BCUT2D eigenvalue weighted by atomic mass is 9.89. The maximum Gasteiger partial charge on any atom is 0.341 e. The molecule has 0 bridgehead atoms. The summed E-state index contributed by atoms with van der Waals surface area (Å²) in [5.41, 5.74) is 7.10. The number of benzene rings is 4. The van der Waals surface area contributed by atoms with Gasteiger partial charge in [0.15, 0.2) is 0 Å². The molecule has 0 saturated heterocycles. The second-order valence-electron chi connectivity index (χ2n) is 14.0. The molecule has 5 rings (SSSR count). The third-order valence-electron chi connectivity index (χ3n) is 10.5. The summed E-state index contributed by atoms with van der Waals surface area (Å²) in [7, 11) is 0. The van der Waals surface area contributed by atoms with Crippen molar-refractivity contribution in [1.29, 1.82) is 0 Å². The number of nitrogens with zero attached hydrogens (tertiary/aromatic N) is 2.